The number of carbonyl (C=O) groups is 8. The van der Waals surface area contributed by atoms with Crippen LogP contribution in [0.1, 0.15) is 89.2 Å². The highest BCUT2D eigenvalue weighted by molar-refractivity contribution is 5.97. The van der Waals surface area contributed by atoms with Crippen LogP contribution in [-0.4, -0.2) is 135 Å². The second-order valence-electron chi connectivity index (χ2n) is 17.2. The number of hydrogen-bond donors (Lipinski definition) is 8. The van der Waals surface area contributed by atoms with E-state index in [1.54, 1.807) is 31.2 Å². The first-order valence-corrected chi connectivity index (χ1v) is 22.5. The van der Waals surface area contributed by atoms with Gasteiger partial charge in [0.05, 0.1) is 18.7 Å². The molecule has 0 aliphatic carbocycles. The summed E-state index contributed by atoms with van der Waals surface area (Å²) in [6, 6.07) is 11.4. The van der Waals surface area contributed by atoms with Crippen LogP contribution in [0.15, 0.2) is 60.7 Å². The third-order valence-corrected chi connectivity index (χ3v) is 12.5. The van der Waals surface area contributed by atoms with Crippen LogP contribution in [0, 0.1) is 5.92 Å². The molecule has 3 saturated heterocycles. The molecule has 0 aromatic heterocycles. The molecule has 348 valence electrons. The van der Waals surface area contributed by atoms with Gasteiger partial charge in [0.2, 0.25) is 41.4 Å². The topological polar surface area (TPSA) is 270 Å². The maximum atomic E-state index is 14.5. The molecule has 5 rings (SSSR count). The van der Waals surface area contributed by atoms with Crippen LogP contribution in [-0.2, 0) is 51.2 Å². The van der Waals surface area contributed by atoms with Gasteiger partial charge in [-0.25, -0.2) is 0 Å². The molecule has 0 spiro atoms. The summed E-state index contributed by atoms with van der Waals surface area (Å²) in [6.45, 7) is 3.42. The molecule has 3 fully saturated rings. The number of nitrogens with one attached hydrogen (secondary N) is 5. The first-order valence-electron chi connectivity index (χ1n) is 22.5. The van der Waals surface area contributed by atoms with Crippen molar-refractivity contribution in [2.75, 3.05) is 19.6 Å². The van der Waals surface area contributed by atoms with Crippen molar-refractivity contribution < 1.29 is 48.6 Å². The van der Waals surface area contributed by atoms with Crippen LogP contribution >= 0.6 is 0 Å². The summed E-state index contributed by atoms with van der Waals surface area (Å²) in [4.78, 5) is 113. The SMILES string of the molecule is CC[C@H](C)[C@H]1NC(=O)[C@@H](Cc2ccccc2)NC(=O)[C@H]2CCCN2C(=O)CNC(=O)[C@H](CCC(N)=O)NC(=O)C(O)C(CC(O)CCCc2ccccc2)NC(=O)[C@H]2CCCN2C1=O. The summed E-state index contributed by atoms with van der Waals surface area (Å²) in [5, 5.41) is 36.1. The fourth-order valence-electron chi connectivity index (χ4n) is 8.61. The average molecular weight is 889 g/mol. The fraction of sp³-hybridized carbons (Fsp3) is 0.565. The smallest absolute Gasteiger partial charge is 0.251 e. The van der Waals surface area contributed by atoms with Crippen molar-refractivity contribution in [3.05, 3.63) is 71.8 Å². The van der Waals surface area contributed by atoms with Crippen LogP contribution in [0.2, 0.25) is 0 Å². The minimum absolute atomic E-state index is 0.0610. The molecule has 8 amide bonds. The van der Waals surface area contributed by atoms with Crippen molar-refractivity contribution in [1.82, 2.24) is 36.4 Å². The number of nitrogens with two attached hydrogens (primary N) is 1. The molecular weight excluding hydrogens is 825 g/mol. The zero-order chi connectivity index (χ0) is 46.3. The Hall–Kier alpha value is -5.88. The second-order valence-corrected chi connectivity index (χ2v) is 17.2. The number of primary amides is 1. The van der Waals surface area contributed by atoms with Crippen molar-refractivity contribution in [3.8, 4) is 0 Å². The van der Waals surface area contributed by atoms with Crippen LogP contribution in [0.25, 0.3) is 0 Å². The summed E-state index contributed by atoms with van der Waals surface area (Å²) in [7, 11) is 0. The number of aliphatic hydroxyl groups is 2. The predicted molar refractivity (Wildman–Crippen MR) is 234 cm³/mol. The Bertz CT molecular complexity index is 1950. The number of nitrogens with zero attached hydrogens (tertiary/aromatic N) is 2. The van der Waals surface area contributed by atoms with Gasteiger partial charge < -0.3 is 52.3 Å². The molecule has 0 radical (unpaired) electrons. The highest BCUT2D eigenvalue weighted by atomic mass is 16.3. The molecule has 3 aliphatic heterocycles. The predicted octanol–water partition coefficient (Wildman–Crippen LogP) is -0.273. The fourth-order valence-corrected chi connectivity index (χ4v) is 8.61. The minimum atomic E-state index is -2.03. The van der Waals surface area contributed by atoms with Gasteiger partial charge in [-0.15, -0.1) is 0 Å². The van der Waals surface area contributed by atoms with Crippen molar-refractivity contribution in [1.29, 1.82) is 0 Å². The quantitative estimate of drug-likeness (QED) is 0.130. The van der Waals surface area contributed by atoms with E-state index in [-0.39, 0.29) is 58.0 Å². The number of hydrogen-bond acceptors (Lipinski definition) is 10. The number of amides is 8. The summed E-state index contributed by atoms with van der Waals surface area (Å²) in [6.07, 6.45) is -0.695. The first-order chi connectivity index (χ1) is 30.7. The van der Waals surface area contributed by atoms with Gasteiger partial charge in [0.25, 0.3) is 5.91 Å². The standard InChI is InChI=1S/C46H64N8O10/c1-3-28(2)39-46(64)54-24-12-20-36(54)44(62)50-33(26-31(55)18-10-17-29-13-6-4-7-14-29)40(58)45(63)49-32(21-22-37(47)56)41(59)48-27-38(57)53-23-11-19-35(53)43(61)51-34(42(60)52-39)25-30-15-8-5-9-16-30/h4-9,13-16,28,31-36,39-40,55,58H,3,10-12,17-27H2,1-2H3,(H2,47,56)(H,48,59)(H,49,63)(H,50,62)(H,51,61)(H,52,60)/t28-,31?,32-,33?,34+,35+,36+,39+,40?/m0/s1. The lowest BCUT2D eigenvalue weighted by Crippen LogP contribution is -2.61. The third kappa shape index (κ3) is 13.6. The van der Waals surface area contributed by atoms with Gasteiger partial charge in [-0.05, 0) is 74.8 Å². The molecule has 3 aliphatic rings. The van der Waals surface area contributed by atoms with Gasteiger partial charge in [0.15, 0.2) is 6.10 Å². The van der Waals surface area contributed by atoms with Crippen LogP contribution in [0.5, 0.6) is 0 Å². The first kappa shape index (κ1) is 49.1. The Morgan fingerprint density at radius 1 is 0.766 bits per heavy atom. The maximum absolute atomic E-state index is 14.5. The van der Waals surface area contributed by atoms with Crippen LogP contribution in [0.4, 0.5) is 0 Å². The highest BCUT2D eigenvalue weighted by Crippen LogP contribution is 2.24. The summed E-state index contributed by atoms with van der Waals surface area (Å²) in [5.74, 6) is -6.28. The van der Waals surface area contributed by atoms with Crippen molar-refractivity contribution in [2.24, 2.45) is 11.7 Å². The van der Waals surface area contributed by atoms with E-state index in [2.05, 4.69) is 26.6 Å². The van der Waals surface area contributed by atoms with Gasteiger partial charge in [-0.2, -0.15) is 0 Å². The van der Waals surface area contributed by atoms with E-state index in [9.17, 15) is 48.6 Å². The van der Waals surface area contributed by atoms with Gasteiger partial charge in [-0.1, -0.05) is 80.9 Å². The van der Waals surface area contributed by atoms with E-state index in [0.29, 0.717) is 32.1 Å². The number of benzene rings is 2. The number of fused-ring (bicyclic) bond motifs is 2. The van der Waals surface area contributed by atoms with Gasteiger partial charge in [0, 0.05) is 25.9 Å². The Labute approximate surface area is 373 Å². The molecular formula is C46H64N8O10. The largest absolute Gasteiger partial charge is 0.393 e. The lowest BCUT2D eigenvalue weighted by atomic mass is 9.95. The van der Waals surface area contributed by atoms with Gasteiger partial charge in [0.1, 0.15) is 30.2 Å². The molecule has 9 N–H and O–H groups in total. The average Bonchev–Trinajstić information content (AvgIpc) is 3.99. The zero-order valence-corrected chi connectivity index (χ0v) is 36.7. The van der Waals surface area contributed by atoms with E-state index in [0.717, 1.165) is 11.1 Å². The Kier molecular flexibility index (Phi) is 18.2. The van der Waals surface area contributed by atoms with Crippen molar-refractivity contribution in [3.63, 3.8) is 0 Å². The highest BCUT2D eigenvalue weighted by Gasteiger charge is 2.43. The van der Waals surface area contributed by atoms with Crippen LogP contribution < -0.4 is 32.3 Å². The van der Waals surface area contributed by atoms with E-state index in [1.807, 2.05) is 43.3 Å². The van der Waals surface area contributed by atoms with Gasteiger partial charge in [-0.3, -0.25) is 38.4 Å². The molecule has 3 heterocycles. The van der Waals surface area contributed by atoms with E-state index in [1.165, 1.54) is 9.80 Å². The summed E-state index contributed by atoms with van der Waals surface area (Å²) >= 11 is 0. The normalized spacial score (nSPS) is 26.5. The zero-order valence-electron chi connectivity index (χ0n) is 36.7. The Balaban J connectivity index is 1.47. The molecule has 18 nitrogen and oxygen atoms in total. The lowest BCUT2D eigenvalue weighted by molar-refractivity contribution is -0.144. The van der Waals surface area contributed by atoms with E-state index >= 15 is 0 Å². The van der Waals surface area contributed by atoms with E-state index in [4.69, 9.17) is 5.73 Å². The second kappa shape index (κ2) is 23.7. The van der Waals surface area contributed by atoms with Gasteiger partial charge >= 0.3 is 0 Å². The molecule has 2 aromatic rings. The maximum Gasteiger partial charge on any atom is 0.251 e. The molecule has 2 aromatic carbocycles. The molecule has 64 heavy (non-hydrogen) atoms. The summed E-state index contributed by atoms with van der Waals surface area (Å²) in [5.41, 5.74) is 7.16. The molecule has 0 bridgehead atoms. The number of aliphatic hydroxyl groups excluding tert-OH is 2. The van der Waals surface area contributed by atoms with Crippen molar-refractivity contribution in [2.45, 2.75) is 139 Å². The Morgan fingerprint density at radius 3 is 2.00 bits per heavy atom. The molecule has 18 heteroatoms. The van der Waals surface area contributed by atoms with Crippen LogP contribution in [0.3, 0.4) is 0 Å². The molecule has 3 unspecified atom stereocenters. The lowest BCUT2D eigenvalue weighted by Gasteiger charge is -2.34. The molecule has 0 saturated carbocycles. The van der Waals surface area contributed by atoms with E-state index < -0.39 is 108 Å². The molecule has 9 atom stereocenters. The number of aryl methyl sites for hydroxylation is 1. The summed E-state index contributed by atoms with van der Waals surface area (Å²) < 4.78 is 0. The Morgan fingerprint density at radius 2 is 1.36 bits per heavy atom. The monoisotopic (exact) mass is 888 g/mol. The van der Waals surface area contributed by atoms with Crippen molar-refractivity contribution >= 4 is 47.3 Å². The number of carbonyl (C=O) groups excluding carboxylic acids is 8. The minimum Gasteiger partial charge on any atom is -0.393 e. The number of rotatable bonds is 13. The third-order valence-electron chi connectivity index (χ3n) is 12.5.